The van der Waals surface area contributed by atoms with E-state index in [0.717, 1.165) is 12.1 Å². The van der Waals surface area contributed by atoms with Crippen molar-refractivity contribution in [2.24, 2.45) is 0 Å². The molecule has 0 aromatic heterocycles. The molecule has 0 aliphatic heterocycles. The van der Waals surface area contributed by atoms with Crippen LogP contribution in [0.3, 0.4) is 0 Å². The molecular weight excluding hydrogens is 306 g/mol. The van der Waals surface area contributed by atoms with Crippen LogP contribution < -0.4 is 4.74 Å². The van der Waals surface area contributed by atoms with Crippen LogP contribution in [0.5, 0.6) is 5.75 Å². The molecule has 0 aliphatic rings. The van der Waals surface area contributed by atoms with Gasteiger partial charge in [0.2, 0.25) is 0 Å². The number of hydrogen-bond acceptors (Lipinski definition) is 7. The molecule has 0 saturated carbocycles. The fraction of sp³-hybridized carbons (Fsp3) is 0.364. The summed E-state index contributed by atoms with van der Waals surface area (Å²) in [5, 5.41) is 8.96. The molecule has 116 valence electrons. The van der Waals surface area contributed by atoms with E-state index in [1.165, 1.54) is 12.1 Å². The third-order valence-corrected chi connectivity index (χ3v) is 3.16. The predicted molar refractivity (Wildman–Crippen MR) is 68.7 cm³/mol. The van der Waals surface area contributed by atoms with E-state index in [2.05, 4.69) is 4.84 Å². The topological polar surface area (TPSA) is 133 Å². The Kier molecular flexibility index (Phi) is 6.06. The Labute approximate surface area is 120 Å². The highest BCUT2D eigenvalue weighted by Gasteiger charge is 2.12. The van der Waals surface area contributed by atoms with Crippen LogP contribution in [-0.2, 0) is 19.8 Å². The van der Waals surface area contributed by atoms with Gasteiger partial charge in [-0.25, -0.2) is 0 Å². The molecule has 0 bridgehead atoms. The molecule has 0 fully saturated rings. The first kappa shape index (κ1) is 16.9. The lowest BCUT2D eigenvalue weighted by Gasteiger charge is -2.05. The number of rotatable bonds is 8. The van der Waals surface area contributed by atoms with Gasteiger partial charge in [0.05, 0.1) is 11.5 Å². The van der Waals surface area contributed by atoms with Crippen molar-refractivity contribution < 1.29 is 32.4 Å². The van der Waals surface area contributed by atoms with Crippen molar-refractivity contribution in [2.75, 3.05) is 6.61 Å². The Morgan fingerprint density at radius 3 is 2.67 bits per heavy atom. The summed E-state index contributed by atoms with van der Waals surface area (Å²) in [5.41, 5.74) is 0. The van der Waals surface area contributed by atoms with Gasteiger partial charge >= 0.3 is 5.97 Å². The van der Waals surface area contributed by atoms with Crippen molar-refractivity contribution in [3.05, 3.63) is 34.4 Å². The summed E-state index contributed by atoms with van der Waals surface area (Å²) in [6.07, 6.45) is 0.628. The van der Waals surface area contributed by atoms with Crippen LogP contribution >= 0.6 is 0 Å². The summed E-state index contributed by atoms with van der Waals surface area (Å²) >= 11 is 0. The maximum atomic E-state index is 11.5. The van der Waals surface area contributed by atoms with Crippen LogP contribution in [0, 0.1) is 10.1 Å². The van der Waals surface area contributed by atoms with Gasteiger partial charge in [-0.05, 0) is 25.0 Å². The van der Waals surface area contributed by atoms with Gasteiger partial charge in [-0.2, -0.15) is 8.42 Å². The molecule has 0 aliphatic carbocycles. The van der Waals surface area contributed by atoms with Gasteiger partial charge in [0.25, 0.3) is 15.2 Å². The number of nitrogens with zero attached hydrogens (tertiary/aromatic N) is 1. The zero-order valence-electron chi connectivity index (χ0n) is 10.8. The summed E-state index contributed by atoms with van der Waals surface area (Å²) in [6.45, 7) is -0.113. The molecule has 10 heteroatoms. The highest BCUT2D eigenvalue weighted by Crippen LogP contribution is 2.17. The summed E-state index contributed by atoms with van der Waals surface area (Å²) in [7, 11) is -4.37. The molecule has 21 heavy (non-hydrogen) atoms. The molecule has 0 atom stereocenters. The van der Waals surface area contributed by atoms with Crippen LogP contribution in [0.4, 0.5) is 0 Å². The highest BCUT2D eigenvalue weighted by molar-refractivity contribution is 7.85. The van der Waals surface area contributed by atoms with Crippen molar-refractivity contribution in [3.63, 3.8) is 0 Å². The lowest BCUT2D eigenvalue weighted by atomic mass is 10.2. The van der Waals surface area contributed by atoms with E-state index in [0.29, 0.717) is 12.8 Å². The van der Waals surface area contributed by atoms with E-state index in [9.17, 15) is 23.3 Å². The van der Waals surface area contributed by atoms with Gasteiger partial charge in [-0.15, -0.1) is 10.1 Å². The van der Waals surface area contributed by atoms with Crippen molar-refractivity contribution in [3.8, 4) is 5.75 Å². The molecule has 1 rings (SSSR count). The van der Waals surface area contributed by atoms with E-state index in [1.54, 1.807) is 0 Å². The number of ether oxygens (including phenoxy) is 1. The minimum absolute atomic E-state index is 0.00280. The first-order chi connectivity index (χ1) is 9.79. The molecule has 0 spiro atoms. The van der Waals surface area contributed by atoms with E-state index >= 15 is 0 Å². The summed E-state index contributed by atoms with van der Waals surface area (Å²) in [5.74, 6) is -0.639. The SMILES string of the molecule is O=C(CCCCO[N+](=O)[O-])Oc1cccc(S(=O)(=O)O)c1. The second-order valence-electron chi connectivity index (χ2n) is 3.94. The number of carbonyl (C=O) groups is 1. The quantitative estimate of drug-likeness (QED) is 0.189. The Morgan fingerprint density at radius 1 is 1.33 bits per heavy atom. The molecule has 0 radical (unpaired) electrons. The Bertz CT molecular complexity index is 612. The van der Waals surface area contributed by atoms with Crippen LogP contribution in [-0.4, -0.2) is 30.6 Å². The van der Waals surface area contributed by atoms with Gasteiger partial charge in [-0.1, -0.05) is 6.07 Å². The number of unbranched alkanes of at least 4 members (excludes halogenated alkanes) is 1. The van der Waals surface area contributed by atoms with Gasteiger partial charge in [0.15, 0.2) is 0 Å². The molecule has 0 heterocycles. The number of hydrogen-bond donors (Lipinski definition) is 1. The Hall–Kier alpha value is -2.20. The zero-order valence-corrected chi connectivity index (χ0v) is 11.6. The predicted octanol–water partition coefficient (Wildman–Crippen LogP) is 1.22. The molecule has 1 aromatic carbocycles. The largest absolute Gasteiger partial charge is 0.426 e. The average Bonchev–Trinajstić information content (AvgIpc) is 2.37. The van der Waals surface area contributed by atoms with Crippen molar-refractivity contribution in [2.45, 2.75) is 24.2 Å². The molecule has 1 aromatic rings. The number of benzene rings is 1. The number of carbonyl (C=O) groups excluding carboxylic acids is 1. The van der Waals surface area contributed by atoms with E-state index in [4.69, 9.17) is 9.29 Å². The van der Waals surface area contributed by atoms with Crippen LogP contribution in [0.2, 0.25) is 0 Å². The van der Waals surface area contributed by atoms with Crippen molar-refractivity contribution in [1.82, 2.24) is 0 Å². The molecule has 0 amide bonds. The lowest BCUT2D eigenvalue weighted by Crippen LogP contribution is -2.09. The third-order valence-electron chi connectivity index (χ3n) is 2.31. The fourth-order valence-corrected chi connectivity index (χ4v) is 1.91. The molecule has 9 nitrogen and oxygen atoms in total. The summed E-state index contributed by atoms with van der Waals surface area (Å²) in [4.78, 5) is 25.0. The van der Waals surface area contributed by atoms with E-state index < -0.39 is 21.2 Å². The number of esters is 1. The van der Waals surface area contributed by atoms with E-state index in [-0.39, 0.29) is 23.7 Å². The maximum absolute atomic E-state index is 11.5. The maximum Gasteiger partial charge on any atom is 0.311 e. The second kappa shape index (κ2) is 7.55. The van der Waals surface area contributed by atoms with Gasteiger partial charge in [0, 0.05) is 12.5 Å². The van der Waals surface area contributed by atoms with Gasteiger partial charge in [-0.3, -0.25) is 9.35 Å². The van der Waals surface area contributed by atoms with Crippen LogP contribution in [0.15, 0.2) is 29.2 Å². The van der Waals surface area contributed by atoms with Crippen LogP contribution in [0.25, 0.3) is 0 Å². The normalized spacial score (nSPS) is 10.9. The van der Waals surface area contributed by atoms with Crippen molar-refractivity contribution in [1.29, 1.82) is 0 Å². The van der Waals surface area contributed by atoms with Gasteiger partial charge < -0.3 is 9.57 Å². The molecular formula is C11H13NO8S. The minimum Gasteiger partial charge on any atom is -0.426 e. The van der Waals surface area contributed by atoms with Gasteiger partial charge in [0.1, 0.15) is 5.75 Å². The first-order valence-electron chi connectivity index (χ1n) is 5.84. The molecule has 0 unspecified atom stereocenters. The zero-order chi connectivity index (χ0) is 15.9. The Balaban J connectivity index is 2.43. The monoisotopic (exact) mass is 319 g/mol. The fourth-order valence-electron chi connectivity index (χ4n) is 1.39. The summed E-state index contributed by atoms with van der Waals surface area (Å²) < 4.78 is 35.6. The average molecular weight is 319 g/mol. The van der Waals surface area contributed by atoms with E-state index in [1.807, 2.05) is 0 Å². The standard InChI is InChI=1S/C11H13NO8S/c13-11(6-1-2-7-19-12(14)15)20-9-4-3-5-10(8-9)21(16,17)18/h3-5,8H,1-2,6-7H2,(H,16,17,18). The van der Waals surface area contributed by atoms with Crippen LogP contribution in [0.1, 0.15) is 19.3 Å². The smallest absolute Gasteiger partial charge is 0.311 e. The second-order valence-corrected chi connectivity index (χ2v) is 5.36. The Morgan fingerprint density at radius 2 is 2.05 bits per heavy atom. The lowest BCUT2D eigenvalue weighted by molar-refractivity contribution is -0.757. The third kappa shape index (κ3) is 6.68. The first-order valence-corrected chi connectivity index (χ1v) is 7.28. The molecule has 0 saturated heterocycles. The summed E-state index contributed by atoms with van der Waals surface area (Å²) in [6, 6.07) is 4.85. The molecule has 1 N–H and O–H groups in total. The highest BCUT2D eigenvalue weighted by atomic mass is 32.2. The minimum atomic E-state index is -4.37. The van der Waals surface area contributed by atoms with Crippen molar-refractivity contribution >= 4 is 16.1 Å².